The van der Waals surface area contributed by atoms with Crippen molar-refractivity contribution in [1.82, 2.24) is 5.43 Å². The SMILES string of the molecule is Cc1ccc(S(=O)(=O)N(CC(=O)N/N=C\c2ccc(N(C)C)cc2)c2cccc(Cl)c2C)cc1. The maximum atomic E-state index is 13.5. The second-order valence-electron chi connectivity index (χ2n) is 7.99. The summed E-state index contributed by atoms with van der Waals surface area (Å²) in [7, 11) is -0.146. The van der Waals surface area contributed by atoms with Crippen molar-refractivity contribution in [2.24, 2.45) is 5.10 Å². The van der Waals surface area contributed by atoms with E-state index >= 15 is 0 Å². The molecule has 178 valence electrons. The van der Waals surface area contributed by atoms with E-state index in [0.717, 1.165) is 21.1 Å². The van der Waals surface area contributed by atoms with Gasteiger partial charge in [0.15, 0.2) is 0 Å². The molecule has 1 N–H and O–H groups in total. The summed E-state index contributed by atoms with van der Waals surface area (Å²) in [6.45, 7) is 3.12. The Hall–Kier alpha value is -3.36. The van der Waals surface area contributed by atoms with E-state index in [1.165, 1.54) is 18.3 Å². The van der Waals surface area contributed by atoms with Gasteiger partial charge in [0.2, 0.25) is 0 Å². The van der Waals surface area contributed by atoms with Crippen LogP contribution < -0.4 is 14.6 Å². The molecular formula is C25H27ClN4O3S. The minimum absolute atomic E-state index is 0.0785. The quantitative estimate of drug-likeness (QED) is 0.369. The third-order valence-electron chi connectivity index (χ3n) is 5.22. The molecule has 0 aliphatic rings. The van der Waals surface area contributed by atoms with Crippen molar-refractivity contribution in [2.45, 2.75) is 18.7 Å². The Bertz CT molecular complexity index is 1290. The number of benzene rings is 3. The van der Waals surface area contributed by atoms with E-state index in [4.69, 9.17) is 11.6 Å². The van der Waals surface area contributed by atoms with Gasteiger partial charge in [0.05, 0.1) is 16.8 Å². The molecular weight excluding hydrogens is 472 g/mol. The van der Waals surface area contributed by atoms with E-state index < -0.39 is 22.5 Å². The monoisotopic (exact) mass is 498 g/mol. The Morgan fingerprint density at radius 2 is 1.65 bits per heavy atom. The summed E-state index contributed by atoms with van der Waals surface area (Å²) >= 11 is 6.24. The molecule has 34 heavy (non-hydrogen) atoms. The first-order valence-corrected chi connectivity index (χ1v) is 12.3. The number of halogens is 1. The van der Waals surface area contributed by atoms with Crippen LogP contribution in [0.5, 0.6) is 0 Å². The first-order valence-electron chi connectivity index (χ1n) is 10.5. The fourth-order valence-electron chi connectivity index (χ4n) is 3.21. The molecule has 9 heteroatoms. The molecule has 0 aliphatic heterocycles. The molecule has 0 saturated carbocycles. The normalized spacial score (nSPS) is 11.4. The maximum absolute atomic E-state index is 13.5. The molecule has 1 amide bonds. The first-order chi connectivity index (χ1) is 16.1. The summed E-state index contributed by atoms with van der Waals surface area (Å²) < 4.78 is 28.0. The van der Waals surface area contributed by atoms with Crippen molar-refractivity contribution in [3.8, 4) is 0 Å². The number of rotatable bonds is 8. The third-order valence-corrected chi connectivity index (χ3v) is 7.40. The number of hydrazone groups is 1. The lowest BCUT2D eigenvalue weighted by atomic mass is 10.2. The molecule has 3 aromatic carbocycles. The number of carbonyl (C=O) groups is 1. The van der Waals surface area contributed by atoms with Crippen LogP contribution in [0.1, 0.15) is 16.7 Å². The number of nitrogens with zero attached hydrogens (tertiary/aromatic N) is 3. The Balaban J connectivity index is 1.84. The third kappa shape index (κ3) is 5.95. The van der Waals surface area contributed by atoms with E-state index in [9.17, 15) is 13.2 Å². The molecule has 0 bridgehead atoms. The van der Waals surface area contributed by atoms with Gasteiger partial charge in [-0.2, -0.15) is 5.10 Å². The van der Waals surface area contributed by atoms with Gasteiger partial charge < -0.3 is 4.90 Å². The molecule has 3 aromatic rings. The Morgan fingerprint density at radius 3 is 2.26 bits per heavy atom. The molecule has 0 heterocycles. The Kier molecular flexibility index (Phi) is 7.96. The predicted octanol–water partition coefficient (Wildman–Crippen LogP) is 4.37. The Labute approximate surface area is 205 Å². The fraction of sp³-hybridized carbons (Fsp3) is 0.200. The van der Waals surface area contributed by atoms with E-state index in [2.05, 4.69) is 10.5 Å². The summed E-state index contributed by atoms with van der Waals surface area (Å²) in [5.41, 5.74) is 6.05. The molecule has 0 radical (unpaired) electrons. The van der Waals surface area contributed by atoms with Crippen molar-refractivity contribution in [1.29, 1.82) is 0 Å². The number of aryl methyl sites for hydroxylation is 1. The average molecular weight is 499 g/mol. The van der Waals surface area contributed by atoms with Gasteiger partial charge in [0.1, 0.15) is 6.54 Å². The Morgan fingerprint density at radius 1 is 1.00 bits per heavy atom. The van der Waals surface area contributed by atoms with Gasteiger partial charge in [-0.1, -0.05) is 47.5 Å². The van der Waals surface area contributed by atoms with Crippen LogP contribution in [0.3, 0.4) is 0 Å². The van der Waals surface area contributed by atoms with E-state index in [-0.39, 0.29) is 4.90 Å². The minimum atomic E-state index is -4.04. The van der Waals surface area contributed by atoms with Crippen molar-refractivity contribution in [3.63, 3.8) is 0 Å². The van der Waals surface area contributed by atoms with Gasteiger partial charge in [-0.25, -0.2) is 13.8 Å². The lowest BCUT2D eigenvalue weighted by molar-refractivity contribution is -0.119. The van der Waals surface area contributed by atoms with Gasteiger partial charge in [-0.05, 0) is 61.4 Å². The van der Waals surface area contributed by atoms with Gasteiger partial charge in [-0.15, -0.1) is 0 Å². The van der Waals surface area contributed by atoms with Gasteiger partial charge in [0.25, 0.3) is 15.9 Å². The van der Waals surface area contributed by atoms with Crippen molar-refractivity contribution < 1.29 is 13.2 Å². The van der Waals surface area contributed by atoms with Crippen LogP contribution in [-0.2, 0) is 14.8 Å². The molecule has 3 rings (SSSR count). The van der Waals surface area contributed by atoms with Gasteiger partial charge >= 0.3 is 0 Å². The highest BCUT2D eigenvalue weighted by molar-refractivity contribution is 7.92. The summed E-state index contributed by atoms with van der Waals surface area (Å²) in [5.74, 6) is -0.587. The van der Waals surface area contributed by atoms with Crippen molar-refractivity contribution in [3.05, 3.63) is 88.4 Å². The number of nitrogens with one attached hydrogen (secondary N) is 1. The number of carbonyl (C=O) groups excluding carboxylic acids is 1. The van der Waals surface area contributed by atoms with E-state index in [1.54, 1.807) is 37.3 Å². The van der Waals surface area contributed by atoms with Crippen LogP contribution in [0.15, 0.2) is 76.7 Å². The molecule has 7 nitrogen and oxygen atoms in total. The predicted molar refractivity (Wildman–Crippen MR) is 138 cm³/mol. The second-order valence-corrected chi connectivity index (χ2v) is 10.3. The summed E-state index contributed by atoms with van der Waals surface area (Å²) in [4.78, 5) is 14.8. The van der Waals surface area contributed by atoms with Crippen LogP contribution in [0.2, 0.25) is 5.02 Å². The smallest absolute Gasteiger partial charge is 0.264 e. The van der Waals surface area contributed by atoms with Crippen LogP contribution in [0, 0.1) is 13.8 Å². The largest absolute Gasteiger partial charge is 0.378 e. The average Bonchev–Trinajstić information content (AvgIpc) is 2.80. The maximum Gasteiger partial charge on any atom is 0.264 e. The van der Waals surface area contributed by atoms with Crippen molar-refractivity contribution >= 4 is 45.1 Å². The molecule has 0 spiro atoms. The standard InChI is InChI=1S/C25H27ClN4O3S/c1-18-8-14-22(15-9-18)34(32,33)30(24-7-5-6-23(26)19(24)2)17-25(31)28-27-16-20-10-12-21(13-11-20)29(3)4/h5-16H,17H2,1-4H3,(H,28,31)/b27-16-. The van der Waals surface area contributed by atoms with Crippen LogP contribution in [-0.4, -0.2) is 41.2 Å². The lowest BCUT2D eigenvalue weighted by Crippen LogP contribution is -2.40. The molecule has 0 atom stereocenters. The van der Waals surface area contributed by atoms with Crippen LogP contribution >= 0.6 is 11.6 Å². The highest BCUT2D eigenvalue weighted by atomic mass is 35.5. The van der Waals surface area contributed by atoms with E-state index in [0.29, 0.717) is 16.3 Å². The highest BCUT2D eigenvalue weighted by Crippen LogP contribution is 2.30. The van der Waals surface area contributed by atoms with Gasteiger partial charge in [0, 0.05) is 24.8 Å². The zero-order chi connectivity index (χ0) is 24.9. The number of anilines is 2. The first kappa shape index (κ1) is 25.3. The van der Waals surface area contributed by atoms with Gasteiger partial charge in [-0.3, -0.25) is 9.10 Å². The number of sulfonamides is 1. The summed E-state index contributed by atoms with van der Waals surface area (Å²) in [6, 6.07) is 19.0. The summed E-state index contributed by atoms with van der Waals surface area (Å²) in [6.07, 6.45) is 1.50. The van der Waals surface area contributed by atoms with Crippen LogP contribution in [0.4, 0.5) is 11.4 Å². The molecule has 0 saturated heterocycles. The van der Waals surface area contributed by atoms with Crippen LogP contribution in [0.25, 0.3) is 0 Å². The zero-order valence-electron chi connectivity index (χ0n) is 19.5. The molecule has 0 fully saturated rings. The zero-order valence-corrected chi connectivity index (χ0v) is 21.1. The fourth-order valence-corrected chi connectivity index (χ4v) is 4.85. The number of hydrogen-bond donors (Lipinski definition) is 1. The molecule has 0 aromatic heterocycles. The van der Waals surface area contributed by atoms with E-state index in [1.807, 2.05) is 50.2 Å². The topological polar surface area (TPSA) is 82.1 Å². The van der Waals surface area contributed by atoms with Crippen molar-refractivity contribution in [2.75, 3.05) is 29.8 Å². The minimum Gasteiger partial charge on any atom is -0.378 e. The lowest BCUT2D eigenvalue weighted by Gasteiger charge is -2.25. The second kappa shape index (κ2) is 10.7. The molecule has 0 aliphatic carbocycles. The number of amides is 1. The molecule has 0 unspecified atom stereocenters. The summed E-state index contributed by atoms with van der Waals surface area (Å²) in [5, 5.41) is 4.39. The number of hydrogen-bond acceptors (Lipinski definition) is 5. The highest BCUT2D eigenvalue weighted by Gasteiger charge is 2.28.